The van der Waals surface area contributed by atoms with E-state index in [-0.39, 0.29) is 34.4 Å². The fourth-order valence-corrected chi connectivity index (χ4v) is 2.37. The Bertz CT molecular complexity index is 823. The van der Waals surface area contributed by atoms with Crippen LogP contribution in [-0.4, -0.2) is 22.3 Å². The number of hydrogen-bond acceptors (Lipinski definition) is 5. The molecule has 0 saturated heterocycles. The van der Waals surface area contributed by atoms with Crippen molar-refractivity contribution in [2.45, 2.75) is 12.8 Å². The van der Waals surface area contributed by atoms with Gasteiger partial charge >= 0.3 is 0 Å². The Morgan fingerprint density at radius 3 is 2.32 bits per heavy atom. The molecule has 2 aromatic rings. The molecule has 1 atom stereocenters. The van der Waals surface area contributed by atoms with E-state index in [1.54, 1.807) is 12.1 Å². The van der Waals surface area contributed by atoms with E-state index in [9.17, 15) is 25.0 Å². The third-order valence-electron chi connectivity index (χ3n) is 3.65. The predicted molar refractivity (Wildman–Crippen MR) is 92.0 cm³/mol. The van der Waals surface area contributed by atoms with E-state index >= 15 is 0 Å². The average molecular weight is 364 g/mol. The van der Waals surface area contributed by atoms with Crippen molar-refractivity contribution in [3.63, 3.8) is 0 Å². The molecule has 0 aromatic heterocycles. The van der Waals surface area contributed by atoms with Gasteiger partial charge in [0, 0.05) is 30.3 Å². The minimum atomic E-state index is -0.654. The lowest BCUT2D eigenvalue weighted by atomic mass is 10.0. The lowest BCUT2D eigenvalue weighted by Gasteiger charge is -2.13. The molecule has 1 amide bonds. The molecule has 2 rings (SSSR count). The molecule has 1 N–H and O–H groups in total. The summed E-state index contributed by atoms with van der Waals surface area (Å²) in [6.07, 6.45) is 0. The van der Waals surface area contributed by atoms with Gasteiger partial charge in [-0.3, -0.25) is 25.0 Å². The zero-order valence-electron chi connectivity index (χ0n) is 13.1. The highest BCUT2D eigenvalue weighted by molar-refractivity contribution is 6.32. The number of benzene rings is 2. The number of hydrogen-bond donors (Lipinski definition) is 1. The quantitative estimate of drug-likeness (QED) is 0.620. The Morgan fingerprint density at radius 2 is 1.76 bits per heavy atom. The first-order valence-corrected chi connectivity index (χ1v) is 7.64. The van der Waals surface area contributed by atoms with E-state index in [1.807, 2.05) is 6.92 Å². The fourth-order valence-electron chi connectivity index (χ4n) is 2.18. The molecular weight excluding hydrogens is 350 g/mol. The van der Waals surface area contributed by atoms with Crippen LogP contribution in [0, 0.1) is 20.2 Å². The van der Waals surface area contributed by atoms with Crippen LogP contribution in [-0.2, 0) is 0 Å². The molecule has 9 heteroatoms. The number of nitro benzene ring substituents is 2. The Morgan fingerprint density at radius 1 is 1.12 bits per heavy atom. The second kappa shape index (κ2) is 7.71. The summed E-state index contributed by atoms with van der Waals surface area (Å²) in [4.78, 5) is 32.5. The molecule has 0 aliphatic carbocycles. The molecule has 0 radical (unpaired) electrons. The maximum Gasteiger partial charge on any atom is 0.288 e. The minimum absolute atomic E-state index is 0.00606. The van der Waals surface area contributed by atoms with Crippen molar-refractivity contribution in [1.29, 1.82) is 0 Å². The smallest absolute Gasteiger partial charge is 0.288 e. The number of non-ortho nitro benzene ring substituents is 1. The SMILES string of the molecule is CC(CNC(=O)c1ccc(Cl)c([N+](=O)[O-])c1)c1ccc([N+](=O)[O-])cc1. The van der Waals surface area contributed by atoms with Crippen molar-refractivity contribution >= 4 is 28.9 Å². The number of nitrogens with one attached hydrogen (secondary N) is 1. The molecule has 0 fully saturated rings. The molecule has 0 heterocycles. The number of rotatable bonds is 6. The molecular formula is C16H14ClN3O5. The van der Waals surface area contributed by atoms with Gasteiger partial charge in [0.2, 0.25) is 0 Å². The number of carbonyl (C=O) groups is 1. The number of amides is 1. The molecule has 8 nitrogen and oxygen atoms in total. The molecule has 1 unspecified atom stereocenters. The molecule has 0 aliphatic rings. The molecule has 0 saturated carbocycles. The van der Waals surface area contributed by atoms with E-state index in [2.05, 4.69) is 5.32 Å². The number of halogens is 1. The van der Waals surface area contributed by atoms with Crippen molar-refractivity contribution in [3.8, 4) is 0 Å². The van der Waals surface area contributed by atoms with E-state index in [0.29, 0.717) is 0 Å². The van der Waals surface area contributed by atoms with Gasteiger partial charge in [-0.15, -0.1) is 0 Å². The van der Waals surface area contributed by atoms with Crippen molar-refractivity contribution < 1.29 is 14.6 Å². The summed E-state index contributed by atoms with van der Waals surface area (Å²) >= 11 is 5.72. The zero-order valence-corrected chi connectivity index (χ0v) is 13.9. The lowest BCUT2D eigenvalue weighted by molar-refractivity contribution is -0.385. The summed E-state index contributed by atoms with van der Waals surface area (Å²) in [7, 11) is 0. The van der Waals surface area contributed by atoms with Crippen LogP contribution >= 0.6 is 11.6 Å². The zero-order chi connectivity index (χ0) is 18.6. The Hall–Kier alpha value is -3.00. The van der Waals surface area contributed by atoms with Gasteiger partial charge in [-0.1, -0.05) is 30.7 Å². The summed E-state index contributed by atoms with van der Waals surface area (Å²) in [6, 6.07) is 9.88. The van der Waals surface area contributed by atoms with Gasteiger partial charge in [-0.2, -0.15) is 0 Å². The normalized spacial score (nSPS) is 11.6. The molecule has 0 aliphatic heterocycles. The van der Waals surface area contributed by atoms with E-state index in [0.717, 1.165) is 11.6 Å². The number of nitrogens with zero attached hydrogens (tertiary/aromatic N) is 2. The van der Waals surface area contributed by atoms with Crippen LogP contribution in [0.1, 0.15) is 28.8 Å². The van der Waals surface area contributed by atoms with Gasteiger partial charge in [-0.25, -0.2) is 0 Å². The Kier molecular flexibility index (Phi) is 5.66. The van der Waals surface area contributed by atoms with Crippen LogP contribution in [0.2, 0.25) is 5.02 Å². The van der Waals surface area contributed by atoms with Crippen molar-refractivity contribution in [1.82, 2.24) is 5.32 Å². The van der Waals surface area contributed by atoms with Crippen molar-refractivity contribution in [3.05, 3.63) is 78.8 Å². The van der Waals surface area contributed by atoms with Crippen LogP contribution in [0.4, 0.5) is 11.4 Å². The Balaban J connectivity index is 2.03. The lowest BCUT2D eigenvalue weighted by Crippen LogP contribution is -2.27. The van der Waals surface area contributed by atoms with Crippen LogP contribution in [0.3, 0.4) is 0 Å². The van der Waals surface area contributed by atoms with Crippen LogP contribution < -0.4 is 5.32 Å². The predicted octanol–water partition coefficient (Wildman–Crippen LogP) is 3.69. The van der Waals surface area contributed by atoms with Gasteiger partial charge in [0.25, 0.3) is 17.3 Å². The van der Waals surface area contributed by atoms with Crippen molar-refractivity contribution in [2.75, 3.05) is 6.54 Å². The first-order chi connectivity index (χ1) is 11.8. The first-order valence-electron chi connectivity index (χ1n) is 7.26. The summed E-state index contributed by atoms with van der Waals surface area (Å²) in [6.45, 7) is 2.12. The average Bonchev–Trinajstić information content (AvgIpc) is 2.59. The van der Waals surface area contributed by atoms with Gasteiger partial charge in [0.05, 0.1) is 9.85 Å². The molecule has 0 spiro atoms. The monoisotopic (exact) mass is 363 g/mol. The topological polar surface area (TPSA) is 115 Å². The minimum Gasteiger partial charge on any atom is -0.351 e. The van der Waals surface area contributed by atoms with Crippen LogP contribution in [0.5, 0.6) is 0 Å². The highest BCUT2D eigenvalue weighted by Gasteiger charge is 2.17. The molecule has 0 bridgehead atoms. The second-order valence-corrected chi connectivity index (χ2v) is 5.79. The summed E-state index contributed by atoms with van der Waals surface area (Å²) < 4.78 is 0. The van der Waals surface area contributed by atoms with E-state index < -0.39 is 15.8 Å². The van der Waals surface area contributed by atoms with Crippen LogP contribution in [0.25, 0.3) is 0 Å². The molecule has 130 valence electrons. The standard InChI is InChI=1S/C16H14ClN3O5/c1-10(11-2-5-13(6-3-11)19(22)23)9-18-16(21)12-4-7-14(17)15(8-12)20(24)25/h2-8,10H,9H2,1H3,(H,18,21). The third-order valence-corrected chi connectivity index (χ3v) is 3.97. The van der Waals surface area contributed by atoms with E-state index in [1.165, 1.54) is 24.3 Å². The van der Waals surface area contributed by atoms with Crippen LogP contribution in [0.15, 0.2) is 42.5 Å². The van der Waals surface area contributed by atoms with Crippen molar-refractivity contribution in [2.24, 2.45) is 0 Å². The largest absolute Gasteiger partial charge is 0.351 e. The maximum absolute atomic E-state index is 12.1. The molecule has 2 aromatic carbocycles. The Labute approximate surface area is 147 Å². The van der Waals surface area contributed by atoms with Gasteiger partial charge in [0.1, 0.15) is 5.02 Å². The highest BCUT2D eigenvalue weighted by atomic mass is 35.5. The third kappa shape index (κ3) is 4.51. The highest BCUT2D eigenvalue weighted by Crippen LogP contribution is 2.25. The first kappa shape index (κ1) is 18.3. The van der Waals surface area contributed by atoms with Gasteiger partial charge < -0.3 is 5.32 Å². The van der Waals surface area contributed by atoms with E-state index in [4.69, 9.17) is 11.6 Å². The van der Waals surface area contributed by atoms with Gasteiger partial charge in [0.15, 0.2) is 0 Å². The second-order valence-electron chi connectivity index (χ2n) is 5.38. The fraction of sp³-hybridized carbons (Fsp3) is 0.188. The molecule has 25 heavy (non-hydrogen) atoms. The summed E-state index contributed by atoms with van der Waals surface area (Å²) in [5.41, 5.74) is 0.617. The summed E-state index contributed by atoms with van der Waals surface area (Å²) in [5, 5.41) is 24.1. The summed E-state index contributed by atoms with van der Waals surface area (Å²) in [5.74, 6) is -0.555. The number of nitro groups is 2. The maximum atomic E-state index is 12.1. The number of carbonyl (C=O) groups excluding carboxylic acids is 1. The van der Waals surface area contributed by atoms with Gasteiger partial charge in [-0.05, 0) is 23.6 Å².